The van der Waals surface area contributed by atoms with E-state index in [9.17, 15) is 14.9 Å². The van der Waals surface area contributed by atoms with E-state index < -0.39 is 24.1 Å². The zero-order valence-electron chi connectivity index (χ0n) is 21.1. The van der Waals surface area contributed by atoms with Crippen molar-refractivity contribution in [2.24, 2.45) is 17.8 Å². The van der Waals surface area contributed by atoms with Crippen LogP contribution in [-0.4, -0.2) is 62.0 Å². The molecule has 1 aromatic carbocycles. The Kier molecular flexibility index (Phi) is 10.00. The summed E-state index contributed by atoms with van der Waals surface area (Å²) in [5, 5.41) is 12.4. The van der Waals surface area contributed by atoms with Crippen LogP contribution in [0, 0.1) is 29.1 Å². The van der Waals surface area contributed by atoms with Gasteiger partial charge in [-0.25, -0.2) is 4.79 Å². The fraction of sp³-hybridized carbons (Fsp3) is 0.679. The van der Waals surface area contributed by atoms with Crippen LogP contribution < -0.4 is 5.32 Å². The van der Waals surface area contributed by atoms with Crippen LogP contribution >= 0.6 is 0 Å². The fourth-order valence-corrected chi connectivity index (χ4v) is 5.88. The van der Waals surface area contributed by atoms with E-state index in [1.54, 1.807) is 4.90 Å². The van der Waals surface area contributed by atoms with Crippen molar-refractivity contribution in [3.8, 4) is 6.07 Å². The third-order valence-corrected chi connectivity index (χ3v) is 7.87. The number of rotatable bonds is 9. The highest BCUT2D eigenvalue weighted by Gasteiger charge is 2.36. The van der Waals surface area contributed by atoms with Crippen LogP contribution in [0.5, 0.6) is 0 Å². The van der Waals surface area contributed by atoms with Crippen molar-refractivity contribution >= 4 is 12.0 Å². The number of nitrogens with zero attached hydrogens (tertiary/aromatic N) is 2. The van der Waals surface area contributed by atoms with Crippen molar-refractivity contribution in [1.82, 2.24) is 10.2 Å². The van der Waals surface area contributed by atoms with E-state index in [0.29, 0.717) is 45.2 Å². The maximum Gasteiger partial charge on any atom is 0.410 e. The van der Waals surface area contributed by atoms with Crippen LogP contribution in [0.3, 0.4) is 0 Å². The molecule has 3 aliphatic rings. The highest BCUT2D eigenvalue weighted by molar-refractivity contribution is 5.84. The van der Waals surface area contributed by atoms with Crippen LogP contribution in [-0.2, 0) is 25.6 Å². The minimum absolute atomic E-state index is 0.0639. The van der Waals surface area contributed by atoms with E-state index in [1.165, 1.54) is 32.1 Å². The molecule has 5 atom stereocenters. The molecule has 36 heavy (non-hydrogen) atoms. The predicted octanol–water partition coefficient (Wildman–Crippen LogP) is 4.05. The number of ether oxygens (including phenoxy) is 3. The standard InChI is InChI=1S/C28H39N3O5/c29-18-25(20-35-19-21-6-2-1-3-7-21)30-27(32)26(36-28(33)31-12-14-34-15-13-31)17-22-10-11-23-8-4-5-9-24(23)16-22/h1-3,6-7,22-26H,4-5,8-17,19-20H2,(H,30,32)/t22?,23?,24?,25-,26+/m1/s1. The van der Waals surface area contributed by atoms with Gasteiger partial charge in [0.05, 0.1) is 32.5 Å². The van der Waals surface area contributed by atoms with Crippen molar-refractivity contribution in [2.45, 2.75) is 70.1 Å². The minimum atomic E-state index is -0.921. The maximum atomic E-state index is 13.3. The van der Waals surface area contributed by atoms with Crippen molar-refractivity contribution < 1.29 is 23.8 Å². The second-order valence-corrected chi connectivity index (χ2v) is 10.4. The lowest BCUT2D eigenvalue weighted by atomic mass is 9.66. The van der Waals surface area contributed by atoms with Crippen LogP contribution in [0.15, 0.2) is 30.3 Å². The number of fused-ring (bicyclic) bond motifs is 1. The lowest BCUT2D eigenvalue weighted by Gasteiger charge is -2.40. The first-order chi connectivity index (χ1) is 17.6. The number of benzene rings is 1. The molecule has 4 rings (SSSR count). The molecule has 1 N–H and O–H groups in total. The van der Waals surface area contributed by atoms with Gasteiger partial charge in [-0.3, -0.25) is 4.79 Å². The van der Waals surface area contributed by atoms with Crippen molar-refractivity contribution in [2.75, 3.05) is 32.9 Å². The SMILES string of the molecule is N#C[C@H](COCc1ccccc1)NC(=O)[C@H](CC1CCC2CCCCC2C1)OC(=O)N1CCOCC1. The first kappa shape index (κ1) is 26.4. The van der Waals surface area contributed by atoms with Crippen LogP contribution in [0.2, 0.25) is 0 Å². The second kappa shape index (κ2) is 13.6. The molecule has 8 nitrogen and oxygen atoms in total. The number of hydrogen-bond acceptors (Lipinski definition) is 6. The molecule has 3 fully saturated rings. The lowest BCUT2D eigenvalue weighted by molar-refractivity contribution is -0.132. The highest BCUT2D eigenvalue weighted by atomic mass is 16.6. The minimum Gasteiger partial charge on any atom is -0.436 e. The summed E-state index contributed by atoms with van der Waals surface area (Å²) in [6.07, 6.45) is 7.62. The van der Waals surface area contributed by atoms with Gasteiger partial charge >= 0.3 is 6.09 Å². The van der Waals surface area contributed by atoms with Gasteiger partial charge in [-0.2, -0.15) is 5.26 Å². The molecule has 1 heterocycles. The monoisotopic (exact) mass is 497 g/mol. The van der Waals surface area contributed by atoms with Gasteiger partial charge in [0.15, 0.2) is 6.10 Å². The Morgan fingerprint density at radius 1 is 1.08 bits per heavy atom. The fourth-order valence-electron chi connectivity index (χ4n) is 5.88. The quantitative estimate of drug-likeness (QED) is 0.553. The van der Waals surface area contributed by atoms with Gasteiger partial charge in [0.25, 0.3) is 5.91 Å². The lowest BCUT2D eigenvalue weighted by Crippen LogP contribution is -2.48. The zero-order chi connectivity index (χ0) is 25.2. The third kappa shape index (κ3) is 7.68. The predicted molar refractivity (Wildman–Crippen MR) is 134 cm³/mol. The summed E-state index contributed by atoms with van der Waals surface area (Å²) in [6.45, 7) is 2.26. The number of nitrogens with one attached hydrogen (secondary N) is 1. The number of nitriles is 1. The molecular weight excluding hydrogens is 458 g/mol. The summed E-state index contributed by atoms with van der Waals surface area (Å²) in [6, 6.07) is 11.0. The Labute approximate surface area is 214 Å². The van der Waals surface area contributed by atoms with Crippen molar-refractivity contribution in [3.05, 3.63) is 35.9 Å². The molecule has 0 aromatic heterocycles. The van der Waals surface area contributed by atoms with Gasteiger partial charge in [-0.15, -0.1) is 0 Å². The highest BCUT2D eigenvalue weighted by Crippen LogP contribution is 2.44. The third-order valence-electron chi connectivity index (χ3n) is 7.87. The van der Waals surface area contributed by atoms with Crippen molar-refractivity contribution in [1.29, 1.82) is 5.26 Å². The Morgan fingerprint density at radius 3 is 2.58 bits per heavy atom. The van der Waals surface area contributed by atoms with E-state index >= 15 is 0 Å². The maximum absolute atomic E-state index is 13.3. The Hall–Kier alpha value is -2.63. The number of morpholine rings is 1. The first-order valence-electron chi connectivity index (χ1n) is 13.5. The van der Waals surface area contributed by atoms with E-state index in [2.05, 4.69) is 11.4 Å². The van der Waals surface area contributed by atoms with Gasteiger partial charge < -0.3 is 24.4 Å². The van der Waals surface area contributed by atoms with E-state index in [0.717, 1.165) is 30.2 Å². The molecule has 0 radical (unpaired) electrons. The molecule has 3 unspecified atom stereocenters. The molecule has 8 heteroatoms. The van der Waals surface area contributed by atoms with Gasteiger partial charge in [0.2, 0.25) is 0 Å². The van der Waals surface area contributed by atoms with E-state index in [-0.39, 0.29) is 6.61 Å². The molecule has 0 spiro atoms. The summed E-state index contributed by atoms with van der Waals surface area (Å²) in [7, 11) is 0. The normalized spacial score (nSPS) is 25.6. The molecule has 1 saturated heterocycles. The number of hydrogen-bond donors (Lipinski definition) is 1. The van der Waals surface area contributed by atoms with Gasteiger partial charge in [0, 0.05) is 13.1 Å². The number of carbonyl (C=O) groups excluding carboxylic acids is 2. The van der Waals surface area contributed by atoms with Gasteiger partial charge in [-0.05, 0) is 42.6 Å². The Morgan fingerprint density at radius 2 is 1.83 bits per heavy atom. The van der Waals surface area contributed by atoms with Gasteiger partial charge in [0.1, 0.15) is 6.04 Å². The summed E-state index contributed by atoms with van der Waals surface area (Å²) >= 11 is 0. The Balaban J connectivity index is 1.34. The summed E-state index contributed by atoms with van der Waals surface area (Å²) < 4.78 is 16.8. The topological polar surface area (TPSA) is 101 Å². The van der Waals surface area contributed by atoms with Crippen LogP contribution in [0.1, 0.15) is 56.9 Å². The molecule has 1 aromatic rings. The summed E-state index contributed by atoms with van der Waals surface area (Å²) in [5.41, 5.74) is 0.996. The average Bonchev–Trinajstić information content (AvgIpc) is 2.93. The van der Waals surface area contributed by atoms with E-state index in [4.69, 9.17) is 14.2 Å². The molecule has 2 aliphatic carbocycles. The Bertz CT molecular complexity index is 883. The summed E-state index contributed by atoms with van der Waals surface area (Å²) in [5.74, 6) is 1.45. The first-order valence-corrected chi connectivity index (χ1v) is 13.5. The second-order valence-electron chi connectivity index (χ2n) is 10.4. The van der Waals surface area contributed by atoms with Crippen molar-refractivity contribution in [3.63, 3.8) is 0 Å². The zero-order valence-corrected chi connectivity index (χ0v) is 21.1. The van der Waals surface area contributed by atoms with E-state index in [1.807, 2.05) is 30.3 Å². The molecule has 2 amide bonds. The summed E-state index contributed by atoms with van der Waals surface area (Å²) in [4.78, 5) is 27.7. The molecule has 196 valence electrons. The number of carbonyl (C=O) groups is 2. The number of amides is 2. The molecule has 2 saturated carbocycles. The van der Waals surface area contributed by atoms with Crippen LogP contribution in [0.25, 0.3) is 0 Å². The average molecular weight is 498 g/mol. The molecule has 1 aliphatic heterocycles. The smallest absolute Gasteiger partial charge is 0.410 e. The molecule has 0 bridgehead atoms. The van der Waals surface area contributed by atoms with Crippen LogP contribution in [0.4, 0.5) is 4.79 Å². The largest absolute Gasteiger partial charge is 0.436 e. The van der Waals surface area contributed by atoms with Gasteiger partial charge in [-0.1, -0.05) is 62.4 Å². The molecular formula is C28H39N3O5.